The van der Waals surface area contributed by atoms with E-state index < -0.39 is 5.82 Å². The van der Waals surface area contributed by atoms with E-state index in [0.717, 1.165) is 66.1 Å². The number of aliphatic hydroxyl groups excluding tert-OH is 1. The number of aromatic nitrogens is 5. The number of ether oxygens (including phenoxy) is 1. The lowest BCUT2D eigenvalue weighted by Crippen LogP contribution is -2.64. The van der Waals surface area contributed by atoms with Crippen molar-refractivity contribution in [2.24, 2.45) is 16.7 Å². The van der Waals surface area contributed by atoms with Crippen LogP contribution < -0.4 is 9.64 Å². The van der Waals surface area contributed by atoms with Crippen LogP contribution in [0.25, 0.3) is 22.2 Å². The second-order valence-electron chi connectivity index (χ2n) is 12.5. The van der Waals surface area contributed by atoms with E-state index in [1.54, 1.807) is 12.3 Å². The molecule has 3 aliphatic carbocycles. The molecule has 1 aliphatic heterocycles. The average molecular weight is 568 g/mol. The third kappa shape index (κ3) is 4.20. The second kappa shape index (κ2) is 9.56. The van der Waals surface area contributed by atoms with E-state index in [1.165, 1.54) is 4.90 Å². The van der Waals surface area contributed by atoms with Gasteiger partial charge >= 0.3 is 0 Å². The fourth-order valence-electron chi connectivity index (χ4n) is 7.19. The normalized spacial score (nSPS) is 22.4. The molecule has 214 valence electrons. The van der Waals surface area contributed by atoms with Crippen molar-refractivity contribution < 1.29 is 19.0 Å². The summed E-state index contributed by atoms with van der Waals surface area (Å²) in [7, 11) is 0. The molecule has 2 bridgehead atoms. The fourth-order valence-corrected chi connectivity index (χ4v) is 7.19. The number of fused-ring (bicyclic) bond motifs is 2. The number of benzene rings is 1. The summed E-state index contributed by atoms with van der Waals surface area (Å²) < 4.78 is 21.1. The first-order chi connectivity index (χ1) is 20.2. The molecule has 4 aromatic rings. The van der Waals surface area contributed by atoms with Crippen molar-refractivity contribution in [2.75, 3.05) is 18.1 Å². The minimum Gasteiger partial charge on any atom is -0.482 e. The highest BCUT2D eigenvalue weighted by Crippen LogP contribution is 2.73. The molecule has 0 radical (unpaired) electrons. The third-order valence-electron chi connectivity index (χ3n) is 8.81. The van der Waals surface area contributed by atoms with Crippen molar-refractivity contribution in [1.29, 1.82) is 5.26 Å². The molecule has 3 saturated carbocycles. The van der Waals surface area contributed by atoms with Gasteiger partial charge in [-0.1, -0.05) is 19.9 Å². The molecule has 3 aromatic heterocycles. The molecule has 3 fully saturated rings. The van der Waals surface area contributed by atoms with Crippen molar-refractivity contribution in [2.45, 2.75) is 52.6 Å². The van der Waals surface area contributed by atoms with Crippen molar-refractivity contribution >= 4 is 22.6 Å². The Bertz CT molecular complexity index is 1760. The van der Waals surface area contributed by atoms with Crippen LogP contribution in [0.15, 0.2) is 36.8 Å². The zero-order chi connectivity index (χ0) is 29.2. The van der Waals surface area contributed by atoms with Gasteiger partial charge < -0.3 is 9.84 Å². The average Bonchev–Trinajstić information content (AvgIpc) is 3.33. The number of nitrogens with zero attached hydrogens (tertiary/aromatic N) is 7. The van der Waals surface area contributed by atoms with Gasteiger partial charge in [0, 0.05) is 24.1 Å². The van der Waals surface area contributed by atoms with Crippen LogP contribution in [0.5, 0.6) is 5.75 Å². The van der Waals surface area contributed by atoms with Crippen LogP contribution in [0, 0.1) is 33.9 Å². The Hall–Kier alpha value is -4.43. The minimum atomic E-state index is -0.549. The summed E-state index contributed by atoms with van der Waals surface area (Å²) in [6.45, 7) is 5.08. The van der Waals surface area contributed by atoms with Gasteiger partial charge in [-0.15, -0.1) is 0 Å². The van der Waals surface area contributed by atoms with Gasteiger partial charge in [0.05, 0.1) is 42.1 Å². The molecule has 1 amide bonds. The number of aliphatic hydroxyl groups is 1. The minimum absolute atomic E-state index is 0.0718. The number of hydrogen-bond donors (Lipinski definition) is 1. The topological polar surface area (TPSA) is 130 Å². The lowest BCUT2D eigenvalue weighted by Gasteiger charge is -2.70. The van der Waals surface area contributed by atoms with Gasteiger partial charge in [0.1, 0.15) is 17.6 Å². The van der Waals surface area contributed by atoms with Crippen LogP contribution in [0.3, 0.4) is 0 Å². The van der Waals surface area contributed by atoms with Crippen LogP contribution in [0.1, 0.15) is 50.2 Å². The Morgan fingerprint density at radius 2 is 1.93 bits per heavy atom. The first-order valence-corrected chi connectivity index (χ1v) is 14.2. The molecule has 10 nitrogen and oxygen atoms in total. The lowest BCUT2D eigenvalue weighted by atomic mass is 9.35. The van der Waals surface area contributed by atoms with E-state index in [9.17, 15) is 19.6 Å². The fraction of sp³-hybridized carbons (Fsp3) is 0.419. The van der Waals surface area contributed by atoms with Gasteiger partial charge in [-0.3, -0.25) is 9.69 Å². The molecular formula is C31H30FN7O3. The van der Waals surface area contributed by atoms with E-state index in [2.05, 4.69) is 29.9 Å². The molecule has 4 aliphatic rings. The summed E-state index contributed by atoms with van der Waals surface area (Å²) in [6.07, 6.45) is 7.57. The van der Waals surface area contributed by atoms with E-state index >= 15 is 0 Å². The molecule has 42 heavy (non-hydrogen) atoms. The number of halogens is 1. The van der Waals surface area contributed by atoms with Gasteiger partial charge in [-0.25, -0.2) is 24.0 Å². The Balaban J connectivity index is 1.30. The number of hydrogen-bond acceptors (Lipinski definition) is 8. The van der Waals surface area contributed by atoms with Crippen LogP contribution in [0.2, 0.25) is 0 Å². The molecule has 8 rings (SSSR count). The number of amides is 1. The molecule has 0 atom stereocenters. The van der Waals surface area contributed by atoms with Crippen molar-refractivity contribution in [3.63, 3.8) is 0 Å². The summed E-state index contributed by atoms with van der Waals surface area (Å²) in [4.78, 5) is 27.3. The molecule has 0 spiro atoms. The zero-order valence-electron chi connectivity index (χ0n) is 23.5. The summed E-state index contributed by atoms with van der Waals surface area (Å²) in [5.74, 6) is 0.276. The van der Waals surface area contributed by atoms with Gasteiger partial charge in [0.25, 0.3) is 5.91 Å². The number of carbonyl (C=O) groups is 1. The van der Waals surface area contributed by atoms with E-state index in [0.29, 0.717) is 29.2 Å². The van der Waals surface area contributed by atoms with E-state index in [4.69, 9.17) is 14.8 Å². The highest BCUT2D eigenvalue weighted by Gasteiger charge is 2.67. The maximum atomic E-state index is 13.3. The van der Waals surface area contributed by atoms with Gasteiger partial charge in [-0.2, -0.15) is 10.4 Å². The number of rotatable bonds is 8. The van der Waals surface area contributed by atoms with E-state index in [-0.39, 0.29) is 42.4 Å². The van der Waals surface area contributed by atoms with E-state index in [1.807, 2.05) is 16.8 Å². The highest BCUT2D eigenvalue weighted by atomic mass is 19.1. The van der Waals surface area contributed by atoms with Crippen molar-refractivity contribution in [3.05, 3.63) is 59.7 Å². The Morgan fingerprint density at radius 3 is 2.62 bits per heavy atom. The highest BCUT2D eigenvalue weighted by molar-refractivity contribution is 6.00. The smallest absolute Gasteiger partial charge is 0.265 e. The summed E-state index contributed by atoms with van der Waals surface area (Å²) in [5, 5.41) is 25.6. The van der Waals surface area contributed by atoms with Crippen LogP contribution in [-0.4, -0.2) is 49.0 Å². The number of nitriles is 1. The largest absolute Gasteiger partial charge is 0.482 e. The number of anilines is 1. The lowest BCUT2D eigenvalue weighted by molar-refractivity contribution is -0.230. The summed E-state index contributed by atoms with van der Waals surface area (Å²) in [6, 6.07) is 7.93. The predicted octanol–water partition coefficient (Wildman–Crippen LogP) is 4.19. The molecule has 4 heterocycles. The van der Waals surface area contributed by atoms with Crippen molar-refractivity contribution in [1.82, 2.24) is 24.7 Å². The zero-order valence-corrected chi connectivity index (χ0v) is 23.5. The monoisotopic (exact) mass is 567 g/mol. The third-order valence-corrected chi connectivity index (χ3v) is 8.81. The Labute approximate surface area is 241 Å². The quantitative estimate of drug-likeness (QED) is 0.336. The molecule has 1 N–H and O–H groups in total. The Kier molecular flexibility index (Phi) is 6.02. The summed E-state index contributed by atoms with van der Waals surface area (Å²) >= 11 is 0. The number of pyridine rings is 1. The molecule has 0 unspecified atom stereocenters. The first kappa shape index (κ1) is 26.5. The SMILES string of the molecule is CC(C)Cc1nc2c(cnn2CC23CC(CO)(C2)C3)c(-c2ccc3c(c2)OCC(=O)N3Cc2ncc(F)cn2)c1C#N. The Morgan fingerprint density at radius 1 is 1.17 bits per heavy atom. The molecule has 0 saturated heterocycles. The van der Waals surface area contributed by atoms with Crippen LogP contribution in [0.4, 0.5) is 10.1 Å². The molecule has 11 heteroatoms. The van der Waals surface area contributed by atoms with Crippen LogP contribution in [-0.2, 0) is 24.3 Å². The van der Waals surface area contributed by atoms with Gasteiger partial charge in [0.15, 0.2) is 18.1 Å². The maximum Gasteiger partial charge on any atom is 0.265 e. The molecular weight excluding hydrogens is 537 g/mol. The first-order valence-electron chi connectivity index (χ1n) is 14.2. The standard InChI is InChI=1S/C31H30FN7O3/c1-18(2)5-23-21(7-33)28(22-10-36-39(29(22)37-23)16-30-13-31(14-30,15-30)17-40)19-3-4-24-25(6-19)42-12-27(41)38(24)11-26-34-8-20(32)9-35-26/h3-4,6,8-10,18,40H,5,11-17H2,1-2H3. The van der Waals surface area contributed by atoms with Crippen molar-refractivity contribution in [3.8, 4) is 22.9 Å². The maximum absolute atomic E-state index is 13.3. The van der Waals surface area contributed by atoms with Gasteiger partial charge in [0.2, 0.25) is 0 Å². The summed E-state index contributed by atoms with van der Waals surface area (Å²) in [5.41, 5.74) is 4.27. The van der Waals surface area contributed by atoms with Gasteiger partial charge in [-0.05, 0) is 60.1 Å². The number of carbonyl (C=O) groups excluding carboxylic acids is 1. The second-order valence-corrected chi connectivity index (χ2v) is 12.5. The molecule has 1 aromatic carbocycles. The predicted molar refractivity (Wildman–Crippen MR) is 151 cm³/mol. The van der Waals surface area contributed by atoms with Crippen LogP contribution >= 0.6 is 0 Å².